The van der Waals surface area contributed by atoms with Crippen LogP contribution in [0.25, 0.3) is 11.1 Å². The van der Waals surface area contributed by atoms with Crippen molar-refractivity contribution in [1.29, 1.82) is 0 Å². The number of rotatable bonds is 13. The Labute approximate surface area is 240 Å². The first-order chi connectivity index (χ1) is 19.9. The Bertz CT molecular complexity index is 1380. The van der Waals surface area contributed by atoms with Crippen molar-refractivity contribution in [2.75, 3.05) is 6.61 Å². The Hall–Kier alpha value is -4.91. The summed E-state index contributed by atoms with van der Waals surface area (Å²) in [4.78, 5) is 40.2. The van der Waals surface area contributed by atoms with Gasteiger partial charge in [0, 0.05) is 25.1 Å². The molecule has 2 amide bonds. The number of hydrogen-bond acceptors (Lipinski definition) is 4. The molecule has 0 bridgehead atoms. The van der Waals surface area contributed by atoms with Gasteiger partial charge in [-0.3, -0.25) is 14.4 Å². The van der Waals surface area contributed by atoms with Crippen LogP contribution in [0.15, 0.2) is 109 Å². The first-order valence-corrected chi connectivity index (χ1v) is 13.7. The van der Waals surface area contributed by atoms with Crippen molar-refractivity contribution in [3.8, 4) is 16.9 Å². The standard InChI is InChI=1S/C34H34N2O5/c1-2-41-30-19-17-28(18-20-30)27-13-15-29(16-14-27)33(39)35-31(21-22-32(37)38)34(40)36(23-25-9-5-3-6-10-25)24-26-11-7-4-8-12-26/h3-20,31H,2,21-24H2,1H3,(H,35,39)(H,37,38)/t31-/m0/s1. The molecule has 0 saturated heterocycles. The SMILES string of the molecule is CCOc1ccc(-c2ccc(C(=O)N[C@@H](CCC(=O)O)C(=O)N(Cc3ccccc3)Cc3ccccc3)cc2)cc1. The van der Waals surface area contributed by atoms with Crippen LogP contribution in [-0.4, -0.2) is 40.4 Å². The highest BCUT2D eigenvalue weighted by Gasteiger charge is 2.27. The van der Waals surface area contributed by atoms with Gasteiger partial charge in [0.15, 0.2) is 0 Å². The van der Waals surface area contributed by atoms with Crippen LogP contribution in [0.5, 0.6) is 5.75 Å². The van der Waals surface area contributed by atoms with Gasteiger partial charge in [0.1, 0.15) is 11.8 Å². The van der Waals surface area contributed by atoms with Crippen molar-refractivity contribution < 1.29 is 24.2 Å². The van der Waals surface area contributed by atoms with E-state index in [0.717, 1.165) is 28.0 Å². The minimum Gasteiger partial charge on any atom is -0.494 e. The van der Waals surface area contributed by atoms with E-state index in [1.54, 1.807) is 17.0 Å². The van der Waals surface area contributed by atoms with Gasteiger partial charge in [0.2, 0.25) is 5.91 Å². The highest BCUT2D eigenvalue weighted by Crippen LogP contribution is 2.23. The number of carbonyl (C=O) groups excluding carboxylic acids is 2. The van der Waals surface area contributed by atoms with Crippen LogP contribution in [0, 0.1) is 0 Å². The van der Waals surface area contributed by atoms with Gasteiger partial charge in [-0.25, -0.2) is 0 Å². The third-order valence-corrected chi connectivity index (χ3v) is 6.64. The molecule has 7 heteroatoms. The molecule has 0 saturated carbocycles. The average molecular weight is 551 g/mol. The van der Waals surface area contributed by atoms with Gasteiger partial charge in [-0.15, -0.1) is 0 Å². The van der Waals surface area contributed by atoms with Crippen molar-refractivity contribution in [2.24, 2.45) is 0 Å². The second-order valence-corrected chi connectivity index (χ2v) is 9.66. The fourth-order valence-corrected chi connectivity index (χ4v) is 4.53. The monoisotopic (exact) mass is 550 g/mol. The van der Waals surface area contributed by atoms with Crippen LogP contribution in [0.4, 0.5) is 0 Å². The van der Waals surface area contributed by atoms with E-state index in [-0.39, 0.29) is 18.7 Å². The third-order valence-electron chi connectivity index (χ3n) is 6.64. The second kappa shape index (κ2) is 14.5. The summed E-state index contributed by atoms with van der Waals surface area (Å²) in [6.07, 6.45) is -0.276. The number of carboxylic acid groups (broad SMARTS) is 1. The number of carboxylic acids is 1. The van der Waals surface area contributed by atoms with Crippen LogP contribution in [0.3, 0.4) is 0 Å². The highest BCUT2D eigenvalue weighted by atomic mass is 16.5. The van der Waals surface area contributed by atoms with E-state index in [1.807, 2.05) is 104 Å². The minimum absolute atomic E-state index is 0.0236. The summed E-state index contributed by atoms with van der Waals surface area (Å²) in [6.45, 7) is 3.17. The number of carbonyl (C=O) groups is 3. The molecule has 0 heterocycles. The van der Waals surface area contributed by atoms with E-state index in [4.69, 9.17) is 4.74 Å². The molecule has 4 aromatic rings. The lowest BCUT2D eigenvalue weighted by molar-refractivity contribution is -0.138. The maximum Gasteiger partial charge on any atom is 0.303 e. The fraction of sp³-hybridized carbons (Fsp3) is 0.206. The highest BCUT2D eigenvalue weighted by molar-refractivity contribution is 5.98. The number of ether oxygens (including phenoxy) is 1. The lowest BCUT2D eigenvalue weighted by Crippen LogP contribution is -2.48. The predicted octanol–water partition coefficient (Wildman–Crippen LogP) is 5.94. The van der Waals surface area contributed by atoms with E-state index >= 15 is 0 Å². The molecule has 41 heavy (non-hydrogen) atoms. The summed E-state index contributed by atoms with van der Waals surface area (Å²) in [7, 11) is 0. The number of aliphatic carboxylic acids is 1. The zero-order chi connectivity index (χ0) is 29.0. The normalized spacial score (nSPS) is 11.3. The molecule has 210 valence electrons. The first-order valence-electron chi connectivity index (χ1n) is 13.7. The molecule has 0 aliphatic rings. The largest absolute Gasteiger partial charge is 0.494 e. The molecule has 4 aromatic carbocycles. The molecule has 4 rings (SSSR count). The van der Waals surface area contributed by atoms with E-state index in [2.05, 4.69) is 5.32 Å². The Balaban J connectivity index is 1.52. The third kappa shape index (κ3) is 8.54. The zero-order valence-corrected chi connectivity index (χ0v) is 23.0. The van der Waals surface area contributed by atoms with E-state index in [0.29, 0.717) is 25.3 Å². The van der Waals surface area contributed by atoms with Gasteiger partial charge in [-0.1, -0.05) is 84.9 Å². The molecule has 7 nitrogen and oxygen atoms in total. The maximum absolute atomic E-state index is 13.9. The number of nitrogens with one attached hydrogen (secondary N) is 1. The Kier molecular flexibility index (Phi) is 10.3. The Morgan fingerprint density at radius 2 is 1.27 bits per heavy atom. The molecule has 0 spiro atoms. The first kappa shape index (κ1) is 29.1. The van der Waals surface area contributed by atoms with Gasteiger partial charge in [0.05, 0.1) is 6.61 Å². The van der Waals surface area contributed by atoms with Crippen molar-refractivity contribution in [3.63, 3.8) is 0 Å². The molecule has 2 N–H and O–H groups in total. The topological polar surface area (TPSA) is 95.9 Å². The number of nitrogens with zero attached hydrogens (tertiary/aromatic N) is 1. The van der Waals surface area contributed by atoms with Gasteiger partial charge < -0.3 is 20.1 Å². The predicted molar refractivity (Wildman–Crippen MR) is 158 cm³/mol. The van der Waals surface area contributed by atoms with Crippen molar-refractivity contribution in [3.05, 3.63) is 126 Å². The summed E-state index contributed by atoms with van der Waals surface area (Å²) in [5.41, 5.74) is 4.16. The van der Waals surface area contributed by atoms with E-state index in [9.17, 15) is 19.5 Å². The zero-order valence-electron chi connectivity index (χ0n) is 23.0. The molecule has 0 aromatic heterocycles. The fourth-order valence-electron chi connectivity index (χ4n) is 4.53. The maximum atomic E-state index is 13.9. The van der Waals surface area contributed by atoms with Crippen LogP contribution in [0.2, 0.25) is 0 Å². The lowest BCUT2D eigenvalue weighted by atomic mass is 10.0. The van der Waals surface area contributed by atoms with Crippen LogP contribution >= 0.6 is 0 Å². The summed E-state index contributed by atoms with van der Waals surface area (Å²) < 4.78 is 5.50. The molecule has 0 aliphatic carbocycles. The molecule has 1 atom stereocenters. The smallest absolute Gasteiger partial charge is 0.303 e. The minimum atomic E-state index is -1.03. The van der Waals surface area contributed by atoms with Gasteiger partial charge >= 0.3 is 5.97 Å². The molecule has 0 radical (unpaired) electrons. The number of amides is 2. The van der Waals surface area contributed by atoms with Crippen LogP contribution in [0.1, 0.15) is 41.3 Å². The van der Waals surface area contributed by atoms with Gasteiger partial charge in [-0.2, -0.15) is 0 Å². The van der Waals surface area contributed by atoms with Crippen molar-refractivity contribution in [2.45, 2.75) is 38.9 Å². The molecule has 0 fully saturated rings. The molecule has 0 aliphatic heterocycles. The van der Waals surface area contributed by atoms with E-state index in [1.165, 1.54) is 0 Å². The average Bonchev–Trinajstić information content (AvgIpc) is 3.00. The van der Waals surface area contributed by atoms with Crippen LogP contribution in [-0.2, 0) is 22.7 Å². The van der Waals surface area contributed by atoms with Gasteiger partial charge in [-0.05, 0) is 59.9 Å². The van der Waals surface area contributed by atoms with Crippen LogP contribution < -0.4 is 10.1 Å². The summed E-state index contributed by atoms with van der Waals surface area (Å²) in [5, 5.41) is 12.2. The van der Waals surface area contributed by atoms with Crippen molar-refractivity contribution in [1.82, 2.24) is 10.2 Å². The summed E-state index contributed by atoms with van der Waals surface area (Å²) in [6, 6.07) is 32.9. The Morgan fingerprint density at radius 1 is 0.756 bits per heavy atom. The molecular weight excluding hydrogens is 516 g/mol. The van der Waals surface area contributed by atoms with E-state index < -0.39 is 17.9 Å². The quantitative estimate of drug-likeness (QED) is 0.215. The second-order valence-electron chi connectivity index (χ2n) is 9.66. The number of hydrogen-bond donors (Lipinski definition) is 2. The molecule has 0 unspecified atom stereocenters. The lowest BCUT2D eigenvalue weighted by Gasteiger charge is -2.28. The molecular formula is C34H34N2O5. The van der Waals surface area contributed by atoms with Crippen molar-refractivity contribution >= 4 is 17.8 Å². The Morgan fingerprint density at radius 3 is 1.76 bits per heavy atom. The number of benzene rings is 4. The summed E-state index contributed by atoms with van der Waals surface area (Å²) in [5.74, 6) is -1.02. The van der Waals surface area contributed by atoms with Gasteiger partial charge in [0.25, 0.3) is 5.91 Å². The summed E-state index contributed by atoms with van der Waals surface area (Å²) >= 11 is 0.